The van der Waals surface area contributed by atoms with E-state index in [9.17, 15) is 26.4 Å². The Bertz CT molecular complexity index is 1270. The van der Waals surface area contributed by atoms with Crippen molar-refractivity contribution in [1.29, 1.82) is 0 Å². The first kappa shape index (κ1) is 24.8. The molecule has 178 valence electrons. The summed E-state index contributed by atoms with van der Waals surface area (Å²) in [5.74, 6) is -1.43. The molecule has 3 aromatic carbocycles. The summed E-state index contributed by atoms with van der Waals surface area (Å²) in [7, 11) is -4.15. The Morgan fingerprint density at radius 1 is 1.03 bits per heavy atom. The lowest BCUT2D eigenvalue weighted by atomic mass is 10.1. The second-order valence-corrected chi connectivity index (χ2v) is 8.97. The zero-order chi connectivity index (χ0) is 24.9. The predicted molar refractivity (Wildman–Crippen MR) is 120 cm³/mol. The average molecular weight is 491 g/mol. The van der Waals surface area contributed by atoms with Crippen molar-refractivity contribution < 1.29 is 36.2 Å². The van der Waals surface area contributed by atoms with Crippen LogP contribution in [0, 0.1) is 0 Å². The summed E-state index contributed by atoms with van der Waals surface area (Å²) in [5.41, 5.74) is -0.591. The molecule has 6 nitrogen and oxygen atoms in total. The zero-order valence-corrected chi connectivity index (χ0v) is 18.5. The number of carboxylic acid groups (broad SMARTS) is 1. The number of hydrogen-bond acceptors (Lipinski definition) is 4. The molecular weight excluding hydrogens is 471 g/mol. The van der Waals surface area contributed by atoms with Gasteiger partial charge >= 0.3 is 12.1 Å². The topological polar surface area (TPSA) is 83.9 Å². The van der Waals surface area contributed by atoms with Crippen molar-refractivity contribution >= 4 is 21.7 Å². The second kappa shape index (κ2) is 10.0. The van der Waals surface area contributed by atoms with E-state index in [0.29, 0.717) is 5.56 Å². The van der Waals surface area contributed by atoms with E-state index in [-0.39, 0.29) is 35.0 Å². The molecule has 0 aliphatic heterocycles. The third-order valence-corrected chi connectivity index (χ3v) is 6.57. The fourth-order valence-corrected chi connectivity index (χ4v) is 4.55. The van der Waals surface area contributed by atoms with Crippen LogP contribution in [0.4, 0.5) is 18.9 Å². The second-order valence-electron chi connectivity index (χ2n) is 7.11. The van der Waals surface area contributed by atoms with Gasteiger partial charge in [0.2, 0.25) is 0 Å². The lowest BCUT2D eigenvalue weighted by Gasteiger charge is -2.26. The Morgan fingerprint density at radius 2 is 1.68 bits per heavy atom. The number of nitrogens with zero attached hydrogens (tertiary/aromatic N) is 1. The lowest BCUT2D eigenvalue weighted by molar-refractivity contribution is -0.137. The summed E-state index contributed by atoms with van der Waals surface area (Å²) < 4.78 is 73.2. The number of aromatic carboxylic acids is 1. The summed E-state index contributed by atoms with van der Waals surface area (Å²) in [6.45, 7) is 3.12. The van der Waals surface area contributed by atoms with Crippen LogP contribution in [0.15, 0.2) is 90.3 Å². The van der Waals surface area contributed by atoms with Gasteiger partial charge in [-0.05, 0) is 48.0 Å². The molecule has 10 heteroatoms. The molecule has 0 aliphatic carbocycles. The highest BCUT2D eigenvalue weighted by Gasteiger charge is 2.33. The highest BCUT2D eigenvalue weighted by Crippen LogP contribution is 2.39. The standard InChI is InChI=1S/C24H20F3NO5S/c1-2-14-28(34(31,32)20-6-4-3-5-7-20)21-13-12-19(24(25,26)27)15-22(21)33-16-17-8-10-18(11-9-17)23(29)30/h2-13,15H,1,14,16H2,(H,29,30). The number of rotatable bonds is 9. The van der Waals surface area contributed by atoms with E-state index in [1.807, 2.05) is 0 Å². The Hall–Kier alpha value is -3.79. The molecule has 34 heavy (non-hydrogen) atoms. The van der Waals surface area contributed by atoms with Crippen molar-refractivity contribution in [3.05, 3.63) is 102 Å². The Balaban J connectivity index is 2.04. The number of anilines is 1. The SMILES string of the molecule is C=CCN(c1ccc(C(F)(F)F)cc1OCc1ccc(C(=O)O)cc1)S(=O)(=O)c1ccccc1. The molecule has 0 fully saturated rings. The van der Waals surface area contributed by atoms with Gasteiger partial charge in [-0.15, -0.1) is 6.58 Å². The first-order valence-corrected chi connectivity index (χ1v) is 11.3. The van der Waals surface area contributed by atoms with Crippen LogP contribution in [-0.4, -0.2) is 26.0 Å². The van der Waals surface area contributed by atoms with Crippen LogP contribution in [0.3, 0.4) is 0 Å². The molecule has 0 saturated heterocycles. The van der Waals surface area contributed by atoms with E-state index in [4.69, 9.17) is 9.84 Å². The Labute approximate surface area is 194 Å². The maximum absolute atomic E-state index is 13.4. The van der Waals surface area contributed by atoms with Crippen LogP contribution in [0.2, 0.25) is 0 Å². The van der Waals surface area contributed by atoms with Gasteiger partial charge in [-0.3, -0.25) is 4.31 Å². The van der Waals surface area contributed by atoms with Crippen LogP contribution < -0.4 is 9.04 Å². The summed E-state index contributed by atoms with van der Waals surface area (Å²) in [4.78, 5) is 11.0. The van der Waals surface area contributed by atoms with Crippen molar-refractivity contribution in [3.8, 4) is 5.75 Å². The van der Waals surface area contributed by atoms with Gasteiger partial charge in [0.05, 0.1) is 28.3 Å². The number of hydrogen-bond donors (Lipinski definition) is 1. The molecule has 0 unspecified atom stereocenters. The molecule has 0 radical (unpaired) electrons. The van der Waals surface area contributed by atoms with Gasteiger partial charge in [-0.1, -0.05) is 36.4 Å². The minimum Gasteiger partial charge on any atom is -0.487 e. The third-order valence-electron chi connectivity index (χ3n) is 4.78. The minimum absolute atomic E-state index is 0.0367. The molecule has 0 atom stereocenters. The van der Waals surface area contributed by atoms with E-state index in [1.54, 1.807) is 6.07 Å². The summed E-state index contributed by atoms with van der Waals surface area (Å²) in [5, 5.41) is 9.00. The Kier molecular flexibility index (Phi) is 7.31. The maximum Gasteiger partial charge on any atom is 0.416 e. The highest BCUT2D eigenvalue weighted by atomic mass is 32.2. The molecule has 0 aromatic heterocycles. The van der Waals surface area contributed by atoms with E-state index in [0.717, 1.165) is 22.5 Å². The number of carbonyl (C=O) groups is 1. The number of sulfonamides is 1. The van der Waals surface area contributed by atoms with Crippen LogP contribution >= 0.6 is 0 Å². The molecule has 0 spiro atoms. The average Bonchev–Trinajstić information content (AvgIpc) is 2.81. The lowest BCUT2D eigenvalue weighted by Crippen LogP contribution is -2.31. The first-order chi connectivity index (χ1) is 16.0. The number of ether oxygens (including phenoxy) is 1. The fourth-order valence-electron chi connectivity index (χ4n) is 3.08. The van der Waals surface area contributed by atoms with Crippen molar-refractivity contribution in [2.45, 2.75) is 17.7 Å². The van der Waals surface area contributed by atoms with Crippen LogP contribution in [0.5, 0.6) is 5.75 Å². The predicted octanol–water partition coefficient (Wildman–Crippen LogP) is 5.36. The molecule has 0 aliphatic rings. The molecular formula is C24H20F3NO5S. The van der Waals surface area contributed by atoms with E-state index in [1.165, 1.54) is 54.6 Å². The first-order valence-electron chi connectivity index (χ1n) is 9.89. The van der Waals surface area contributed by atoms with Crippen molar-refractivity contribution in [3.63, 3.8) is 0 Å². The number of alkyl halides is 3. The van der Waals surface area contributed by atoms with Gasteiger partial charge in [-0.25, -0.2) is 13.2 Å². The van der Waals surface area contributed by atoms with Crippen LogP contribution in [0.1, 0.15) is 21.5 Å². The number of carboxylic acids is 1. The highest BCUT2D eigenvalue weighted by molar-refractivity contribution is 7.92. The molecule has 1 N–H and O–H groups in total. The van der Waals surface area contributed by atoms with Gasteiger partial charge in [0.25, 0.3) is 10.0 Å². The third kappa shape index (κ3) is 5.57. The molecule has 3 aromatic rings. The smallest absolute Gasteiger partial charge is 0.416 e. The molecule has 0 heterocycles. The van der Waals surface area contributed by atoms with E-state index in [2.05, 4.69) is 6.58 Å². The van der Waals surface area contributed by atoms with Gasteiger partial charge < -0.3 is 9.84 Å². The number of halogens is 3. The maximum atomic E-state index is 13.4. The molecule has 0 amide bonds. The van der Waals surface area contributed by atoms with Crippen LogP contribution in [-0.2, 0) is 22.8 Å². The molecule has 3 rings (SSSR count). The summed E-state index contributed by atoms with van der Waals surface area (Å²) in [6.07, 6.45) is -3.37. The zero-order valence-electron chi connectivity index (χ0n) is 17.7. The fraction of sp³-hybridized carbons (Fsp3) is 0.125. The van der Waals surface area contributed by atoms with Gasteiger partial charge in [0.1, 0.15) is 12.4 Å². The Morgan fingerprint density at radius 3 is 2.24 bits per heavy atom. The van der Waals surface area contributed by atoms with E-state index < -0.39 is 27.7 Å². The minimum atomic E-state index is -4.68. The molecule has 0 saturated carbocycles. The van der Waals surface area contributed by atoms with Crippen LogP contribution in [0.25, 0.3) is 0 Å². The summed E-state index contributed by atoms with van der Waals surface area (Å²) >= 11 is 0. The largest absolute Gasteiger partial charge is 0.487 e. The monoisotopic (exact) mass is 491 g/mol. The van der Waals surface area contributed by atoms with Gasteiger partial charge in [-0.2, -0.15) is 13.2 Å². The summed E-state index contributed by atoms with van der Waals surface area (Å²) in [6, 6.07) is 15.6. The van der Waals surface area contributed by atoms with Gasteiger partial charge in [0, 0.05) is 0 Å². The molecule has 0 bridgehead atoms. The van der Waals surface area contributed by atoms with E-state index >= 15 is 0 Å². The van der Waals surface area contributed by atoms with Crippen molar-refractivity contribution in [1.82, 2.24) is 0 Å². The van der Waals surface area contributed by atoms with Crippen molar-refractivity contribution in [2.75, 3.05) is 10.8 Å². The van der Waals surface area contributed by atoms with Gasteiger partial charge in [0.15, 0.2) is 0 Å². The normalized spacial score (nSPS) is 11.6. The number of benzene rings is 3. The quantitative estimate of drug-likeness (QED) is 0.407. The van der Waals surface area contributed by atoms with Crippen molar-refractivity contribution in [2.24, 2.45) is 0 Å².